The molecule has 1 aliphatic rings. The molecule has 1 aliphatic heterocycles. The first-order chi connectivity index (χ1) is 8.26. The minimum absolute atomic E-state index is 0.0455. The average molecular weight is 237 g/mol. The van der Waals surface area contributed by atoms with Gasteiger partial charge in [0.25, 0.3) is 0 Å². The standard InChI is InChI=1S/C13H19NO3/c1-3-14-11(8-15)10-7-13-12(6-9(10)2)16-4-5-17-13/h6-7,11,14-15H,3-5,8H2,1-2H3. The highest BCUT2D eigenvalue weighted by molar-refractivity contribution is 5.48. The van der Waals surface area contributed by atoms with Crippen LogP contribution in [-0.2, 0) is 0 Å². The summed E-state index contributed by atoms with van der Waals surface area (Å²) < 4.78 is 11.1. The van der Waals surface area contributed by atoms with Crippen LogP contribution in [0.15, 0.2) is 12.1 Å². The molecule has 0 aliphatic carbocycles. The highest BCUT2D eigenvalue weighted by atomic mass is 16.6. The van der Waals surface area contributed by atoms with Gasteiger partial charge in [0.15, 0.2) is 11.5 Å². The molecule has 2 N–H and O–H groups in total. The molecule has 4 nitrogen and oxygen atoms in total. The summed E-state index contributed by atoms with van der Waals surface area (Å²) in [5, 5.41) is 12.7. The van der Waals surface area contributed by atoms with Gasteiger partial charge in [-0.05, 0) is 36.7 Å². The molecule has 1 aromatic carbocycles. The van der Waals surface area contributed by atoms with Crippen molar-refractivity contribution in [3.05, 3.63) is 23.3 Å². The summed E-state index contributed by atoms with van der Waals surface area (Å²) >= 11 is 0. The molecule has 0 amide bonds. The van der Waals surface area contributed by atoms with Crippen molar-refractivity contribution in [3.8, 4) is 11.5 Å². The van der Waals surface area contributed by atoms with Crippen LogP contribution in [0.25, 0.3) is 0 Å². The van der Waals surface area contributed by atoms with Gasteiger partial charge in [0.2, 0.25) is 0 Å². The van der Waals surface area contributed by atoms with Crippen LogP contribution >= 0.6 is 0 Å². The topological polar surface area (TPSA) is 50.7 Å². The van der Waals surface area contributed by atoms with Crippen molar-refractivity contribution in [3.63, 3.8) is 0 Å². The van der Waals surface area contributed by atoms with Crippen LogP contribution < -0.4 is 14.8 Å². The Labute approximate surface area is 102 Å². The Morgan fingerprint density at radius 3 is 2.53 bits per heavy atom. The second-order valence-electron chi connectivity index (χ2n) is 4.15. The molecule has 1 unspecified atom stereocenters. The third-order valence-corrected chi connectivity index (χ3v) is 2.94. The third-order valence-electron chi connectivity index (χ3n) is 2.94. The summed E-state index contributed by atoms with van der Waals surface area (Å²) in [6, 6.07) is 3.90. The molecule has 2 rings (SSSR count). The average Bonchev–Trinajstić information content (AvgIpc) is 2.35. The van der Waals surface area contributed by atoms with Gasteiger partial charge in [-0.3, -0.25) is 0 Å². The molecule has 0 saturated heterocycles. The summed E-state index contributed by atoms with van der Waals surface area (Å²) in [4.78, 5) is 0. The first kappa shape index (κ1) is 12.2. The van der Waals surface area contributed by atoms with Crippen LogP contribution in [0.3, 0.4) is 0 Å². The van der Waals surface area contributed by atoms with Crippen molar-refractivity contribution in [2.75, 3.05) is 26.4 Å². The quantitative estimate of drug-likeness (QED) is 0.831. The van der Waals surface area contributed by atoms with Crippen LogP contribution in [0.1, 0.15) is 24.1 Å². The van der Waals surface area contributed by atoms with E-state index in [0.29, 0.717) is 13.2 Å². The number of hydrogen-bond donors (Lipinski definition) is 2. The number of aliphatic hydroxyl groups excluding tert-OH is 1. The Morgan fingerprint density at radius 2 is 1.94 bits per heavy atom. The lowest BCUT2D eigenvalue weighted by Gasteiger charge is -2.23. The van der Waals surface area contributed by atoms with Crippen molar-refractivity contribution >= 4 is 0 Å². The fourth-order valence-electron chi connectivity index (χ4n) is 2.10. The number of likely N-dealkylation sites (N-methyl/N-ethyl adjacent to an activating group) is 1. The predicted octanol–water partition coefficient (Wildman–Crippen LogP) is 1.41. The number of ether oxygens (including phenoxy) is 2. The second-order valence-corrected chi connectivity index (χ2v) is 4.15. The number of fused-ring (bicyclic) bond motifs is 1. The Balaban J connectivity index is 2.33. The van der Waals surface area contributed by atoms with E-state index < -0.39 is 0 Å². The van der Waals surface area contributed by atoms with Crippen LogP contribution in [-0.4, -0.2) is 31.5 Å². The Kier molecular flexibility index (Phi) is 3.86. The van der Waals surface area contributed by atoms with Crippen molar-refractivity contribution in [1.29, 1.82) is 0 Å². The highest BCUT2D eigenvalue weighted by Gasteiger charge is 2.18. The van der Waals surface area contributed by atoms with E-state index in [1.54, 1.807) is 0 Å². The predicted molar refractivity (Wildman–Crippen MR) is 65.7 cm³/mol. The molecule has 17 heavy (non-hydrogen) atoms. The smallest absolute Gasteiger partial charge is 0.161 e. The summed E-state index contributed by atoms with van der Waals surface area (Å²) in [7, 11) is 0. The van der Waals surface area contributed by atoms with Crippen LogP contribution in [0.2, 0.25) is 0 Å². The molecule has 0 aromatic heterocycles. The van der Waals surface area contributed by atoms with Crippen molar-refractivity contribution in [2.24, 2.45) is 0 Å². The van der Waals surface area contributed by atoms with E-state index in [2.05, 4.69) is 5.32 Å². The van der Waals surface area contributed by atoms with Crippen LogP contribution in [0.5, 0.6) is 11.5 Å². The van der Waals surface area contributed by atoms with E-state index in [4.69, 9.17) is 9.47 Å². The minimum Gasteiger partial charge on any atom is -0.486 e. The number of hydrogen-bond acceptors (Lipinski definition) is 4. The lowest BCUT2D eigenvalue weighted by Crippen LogP contribution is -2.25. The molecule has 0 fully saturated rings. The number of aryl methyl sites for hydroxylation is 1. The van der Waals surface area contributed by atoms with Gasteiger partial charge in [0, 0.05) is 0 Å². The SMILES string of the molecule is CCNC(CO)c1cc2c(cc1C)OCCO2. The number of benzene rings is 1. The zero-order chi connectivity index (χ0) is 12.3. The maximum absolute atomic E-state index is 9.40. The van der Waals surface area contributed by atoms with Crippen molar-refractivity contribution < 1.29 is 14.6 Å². The van der Waals surface area contributed by atoms with E-state index in [9.17, 15) is 5.11 Å². The van der Waals surface area contributed by atoms with Gasteiger partial charge in [0.05, 0.1) is 12.6 Å². The fraction of sp³-hybridized carbons (Fsp3) is 0.538. The van der Waals surface area contributed by atoms with Gasteiger partial charge in [0.1, 0.15) is 13.2 Å². The lowest BCUT2D eigenvalue weighted by molar-refractivity contribution is 0.170. The van der Waals surface area contributed by atoms with Gasteiger partial charge < -0.3 is 19.9 Å². The zero-order valence-corrected chi connectivity index (χ0v) is 10.3. The monoisotopic (exact) mass is 237 g/mol. The minimum atomic E-state index is -0.0455. The highest BCUT2D eigenvalue weighted by Crippen LogP contribution is 2.35. The maximum atomic E-state index is 9.40. The summed E-state index contributed by atoms with van der Waals surface area (Å²) in [5.41, 5.74) is 2.17. The molecule has 0 saturated carbocycles. The van der Waals surface area contributed by atoms with Crippen molar-refractivity contribution in [2.45, 2.75) is 19.9 Å². The molecule has 1 aromatic rings. The number of nitrogens with one attached hydrogen (secondary N) is 1. The summed E-state index contributed by atoms with van der Waals surface area (Å²) in [6.07, 6.45) is 0. The van der Waals surface area contributed by atoms with Gasteiger partial charge >= 0.3 is 0 Å². The van der Waals surface area contributed by atoms with Gasteiger partial charge in [-0.15, -0.1) is 0 Å². The lowest BCUT2D eigenvalue weighted by atomic mass is 10.0. The van der Waals surface area contributed by atoms with Crippen LogP contribution in [0.4, 0.5) is 0 Å². The summed E-state index contributed by atoms with van der Waals surface area (Å²) in [5.74, 6) is 1.57. The molecule has 1 atom stereocenters. The Hall–Kier alpha value is -1.26. The van der Waals surface area contributed by atoms with Gasteiger partial charge in [-0.1, -0.05) is 6.92 Å². The van der Waals surface area contributed by atoms with E-state index in [-0.39, 0.29) is 12.6 Å². The molecule has 0 radical (unpaired) electrons. The van der Waals surface area contributed by atoms with Gasteiger partial charge in [-0.2, -0.15) is 0 Å². The molecular weight excluding hydrogens is 218 g/mol. The third kappa shape index (κ3) is 2.53. The van der Waals surface area contributed by atoms with E-state index >= 15 is 0 Å². The van der Waals surface area contributed by atoms with E-state index in [1.165, 1.54) is 0 Å². The largest absolute Gasteiger partial charge is 0.486 e. The van der Waals surface area contributed by atoms with Gasteiger partial charge in [-0.25, -0.2) is 0 Å². The second kappa shape index (κ2) is 5.38. The molecule has 4 heteroatoms. The molecule has 0 bridgehead atoms. The molecule has 94 valence electrons. The molecule has 0 spiro atoms. The summed E-state index contributed by atoms with van der Waals surface area (Å²) in [6.45, 7) is 6.12. The molecular formula is C13H19NO3. The normalized spacial score (nSPS) is 15.7. The fourth-order valence-corrected chi connectivity index (χ4v) is 2.10. The molecule has 1 heterocycles. The zero-order valence-electron chi connectivity index (χ0n) is 10.3. The first-order valence-corrected chi connectivity index (χ1v) is 6.00. The number of aliphatic hydroxyl groups is 1. The van der Waals surface area contributed by atoms with Crippen molar-refractivity contribution in [1.82, 2.24) is 5.32 Å². The number of rotatable bonds is 4. The maximum Gasteiger partial charge on any atom is 0.161 e. The van der Waals surface area contributed by atoms with E-state index in [1.807, 2.05) is 26.0 Å². The Bertz CT molecular complexity index is 392. The Morgan fingerprint density at radius 1 is 1.29 bits per heavy atom. The van der Waals surface area contributed by atoms with Crippen LogP contribution in [0, 0.1) is 6.92 Å². The first-order valence-electron chi connectivity index (χ1n) is 6.00. The van der Waals surface area contributed by atoms with E-state index in [0.717, 1.165) is 29.2 Å².